The molecular weight excluding hydrogens is 292 g/mol. The van der Waals surface area contributed by atoms with Crippen LogP contribution in [0.2, 0.25) is 0 Å². The highest BCUT2D eigenvalue weighted by molar-refractivity contribution is 7.93. The van der Waals surface area contributed by atoms with E-state index in [9.17, 15) is 13.2 Å². The van der Waals surface area contributed by atoms with E-state index in [1.807, 2.05) is 29.9 Å². The van der Waals surface area contributed by atoms with E-state index >= 15 is 0 Å². The Morgan fingerprint density at radius 1 is 1.52 bits per heavy atom. The fraction of sp³-hybridized carbons (Fsp3) is 0.231. The van der Waals surface area contributed by atoms with Crippen molar-refractivity contribution in [2.45, 2.75) is 0 Å². The molecule has 0 aliphatic heterocycles. The zero-order chi connectivity index (χ0) is 15.5. The lowest BCUT2D eigenvalue weighted by molar-refractivity contribution is 0.0953. The number of sulfone groups is 1. The molecule has 0 unspecified atom stereocenters. The van der Waals surface area contributed by atoms with Gasteiger partial charge < -0.3 is 9.88 Å². The molecule has 0 radical (unpaired) electrons. The van der Waals surface area contributed by atoms with Crippen LogP contribution >= 0.6 is 0 Å². The molecule has 7 nitrogen and oxygen atoms in total. The van der Waals surface area contributed by atoms with E-state index in [4.69, 9.17) is 0 Å². The average molecular weight is 308 g/mol. The van der Waals surface area contributed by atoms with E-state index in [2.05, 4.69) is 15.5 Å². The second kappa shape index (κ2) is 5.96. The molecule has 112 valence electrons. The van der Waals surface area contributed by atoms with Crippen molar-refractivity contribution in [1.29, 1.82) is 0 Å². The van der Waals surface area contributed by atoms with Gasteiger partial charge in [-0.1, -0.05) is 6.08 Å². The van der Waals surface area contributed by atoms with Gasteiger partial charge in [0, 0.05) is 31.5 Å². The Morgan fingerprint density at radius 3 is 2.90 bits per heavy atom. The molecular formula is C13H16N4O3S. The smallest absolute Gasteiger partial charge is 0.269 e. The summed E-state index contributed by atoms with van der Waals surface area (Å²) >= 11 is 0. The molecule has 2 N–H and O–H groups in total. The minimum Gasteiger partial charge on any atom is -0.349 e. The summed E-state index contributed by atoms with van der Waals surface area (Å²) in [6.45, 7) is 0.129. The maximum Gasteiger partial charge on any atom is 0.269 e. The normalized spacial score (nSPS) is 11.9. The first-order valence-corrected chi connectivity index (χ1v) is 8.14. The summed E-state index contributed by atoms with van der Waals surface area (Å²) in [6.07, 6.45) is 4.35. The van der Waals surface area contributed by atoms with E-state index in [0.717, 1.165) is 17.4 Å². The van der Waals surface area contributed by atoms with Crippen molar-refractivity contribution in [2.24, 2.45) is 7.05 Å². The van der Waals surface area contributed by atoms with Gasteiger partial charge in [-0.3, -0.25) is 9.89 Å². The number of carbonyl (C=O) groups excluding carboxylic acids is 1. The second-order valence-electron chi connectivity index (χ2n) is 4.58. The van der Waals surface area contributed by atoms with Gasteiger partial charge in [0.15, 0.2) is 9.84 Å². The Hall–Kier alpha value is -2.35. The van der Waals surface area contributed by atoms with Gasteiger partial charge in [0.05, 0.1) is 5.69 Å². The minimum atomic E-state index is -3.17. The second-order valence-corrected chi connectivity index (χ2v) is 6.51. The quantitative estimate of drug-likeness (QED) is 0.850. The number of carbonyl (C=O) groups is 1. The van der Waals surface area contributed by atoms with Crippen molar-refractivity contribution >= 4 is 15.7 Å². The Kier molecular flexibility index (Phi) is 4.27. The van der Waals surface area contributed by atoms with E-state index in [1.54, 1.807) is 6.07 Å². The highest BCUT2D eigenvalue weighted by Gasteiger charge is 2.11. The number of rotatable bonds is 5. The van der Waals surface area contributed by atoms with Crippen LogP contribution < -0.4 is 5.32 Å². The standard InChI is InChI=1S/C13H16N4O3S/c1-17-7-3-5-12(17)10-9-11(16-15-10)13(18)14-6-4-8-21(2,19)20/h3-5,7-9H,6H2,1-2H3,(H,14,18)(H,15,16)/b8-4+. The predicted octanol–water partition coefficient (Wildman–Crippen LogP) is 0.703. The van der Waals surface area contributed by atoms with E-state index in [-0.39, 0.29) is 12.5 Å². The largest absolute Gasteiger partial charge is 0.349 e. The molecule has 8 heteroatoms. The third-order valence-electron chi connectivity index (χ3n) is 2.75. The summed E-state index contributed by atoms with van der Waals surface area (Å²) in [5.41, 5.74) is 1.88. The van der Waals surface area contributed by atoms with Crippen LogP contribution in [0.5, 0.6) is 0 Å². The lowest BCUT2D eigenvalue weighted by atomic mass is 10.3. The molecule has 0 atom stereocenters. The van der Waals surface area contributed by atoms with Crippen molar-refractivity contribution in [2.75, 3.05) is 12.8 Å². The highest BCUT2D eigenvalue weighted by atomic mass is 32.2. The number of nitrogens with one attached hydrogen (secondary N) is 2. The van der Waals surface area contributed by atoms with Crippen LogP contribution in [-0.4, -0.2) is 41.9 Å². The monoisotopic (exact) mass is 308 g/mol. The summed E-state index contributed by atoms with van der Waals surface area (Å²) in [5.74, 6) is -0.346. The van der Waals surface area contributed by atoms with Gasteiger partial charge >= 0.3 is 0 Å². The Balaban J connectivity index is 2.00. The van der Waals surface area contributed by atoms with Crippen LogP contribution in [0.25, 0.3) is 11.4 Å². The number of aryl methyl sites for hydroxylation is 1. The maximum atomic E-state index is 11.9. The van der Waals surface area contributed by atoms with Crippen LogP contribution in [0, 0.1) is 0 Å². The molecule has 0 fully saturated rings. The topological polar surface area (TPSA) is 96.9 Å². The van der Waals surface area contributed by atoms with Crippen LogP contribution in [0.1, 0.15) is 10.5 Å². The fourth-order valence-corrected chi connectivity index (χ4v) is 2.21. The molecule has 1 amide bonds. The third kappa shape index (κ3) is 4.06. The van der Waals surface area contributed by atoms with Crippen molar-refractivity contribution in [3.63, 3.8) is 0 Å². The number of hydrogen-bond acceptors (Lipinski definition) is 4. The number of nitrogens with zero attached hydrogens (tertiary/aromatic N) is 2. The van der Waals surface area contributed by atoms with Gasteiger partial charge in [-0.25, -0.2) is 8.42 Å². The fourth-order valence-electron chi connectivity index (χ4n) is 1.77. The van der Waals surface area contributed by atoms with Gasteiger partial charge in [-0.15, -0.1) is 0 Å². The molecule has 0 aromatic carbocycles. The SMILES string of the molecule is Cn1cccc1-c1cc(C(=O)NC/C=C/S(C)(=O)=O)[nH]n1. The first-order chi connectivity index (χ1) is 9.87. The minimum absolute atomic E-state index is 0.129. The summed E-state index contributed by atoms with van der Waals surface area (Å²) in [5, 5.41) is 10.4. The van der Waals surface area contributed by atoms with Crippen LogP contribution in [0.3, 0.4) is 0 Å². The lowest BCUT2D eigenvalue weighted by Gasteiger charge is -1.98. The summed E-state index contributed by atoms with van der Waals surface area (Å²) in [4.78, 5) is 11.9. The Morgan fingerprint density at radius 2 is 2.29 bits per heavy atom. The first-order valence-electron chi connectivity index (χ1n) is 6.19. The molecule has 2 rings (SSSR count). The molecule has 0 bridgehead atoms. The van der Waals surface area contributed by atoms with Crippen LogP contribution in [-0.2, 0) is 16.9 Å². The Labute approximate surface area is 122 Å². The van der Waals surface area contributed by atoms with E-state index in [1.165, 1.54) is 6.08 Å². The summed E-state index contributed by atoms with van der Waals surface area (Å²) in [6, 6.07) is 5.43. The van der Waals surface area contributed by atoms with Gasteiger partial charge in [0.2, 0.25) is 0 Å². The van der Waals surface area contributed by atoms with Crippen molar-refractivity contribution in [1.82, 2.24) is 20.1 Å². The molecule has 2 aromatic heterocycles. The predicted molar refractivity (Wildman–Crippen MR) is 79.3 cm³/mol. The zero-order valence-corrected chi connectivity index (χ0v) is 12.5. The molecule has 0 spiro atoms. The number of H-pyrrole nitrogens is 1. The van der Waals surface area contributed by atoms with Crippen molar-refractivity contribution in [3.8, 4) is 11.4 Å². The highest BCUT2D eigenvalue weighted by Crippen LogP contribution is 2.17. The third-order valence-corrected chi connectivity index (χ3v) is 3.44. The molecule has 0 aliphatic carbocycles. The Bertz CT molecular complexity index is 771. The number of aromatic amines is 1. The number of aromatic nitrogens is 3. The molecule has 0 saturated heterocycles. The van der Waals surface area contributed by atoms with Gasteiger partial charge in [0.1, 0.15) is 11.4 Å². The van der Waals surface area contributed by atoms with Gasteiger partial charge in [0.25, 0.3) is 5.91 Å². The molecule has 0 saturated carbocycles. The van der Waals surface area contributed by atoms with Crippen molar-refractivity contribution < 1.29 is 13.2 Å². The zero-order valence-electron chi connectivity index (χ0n) is 11.7. The molecule has 21 heavy (non-hydrogen) atoms. The van der Waals surface area contributed by atoms with Crippen molar-refractivity contribution in [3.05, 3.63) is 41.6 Å². The van der Waals surface area contributed by atoms with E-state index < -0.39 is 9.84 Å². The van der Waals surface area contributed by atoms with Crippen LogP contribution in [0.4, 0.5) is 0 Å². The molecule has 2 heterocycles. The number of amides is 1. The average Bonchev–Trinajstić information content (AvgIpc) is 3.01. The number of hydrogen-bond donors (Lipinski definition) is 2. The maximum absolute atomic E-state index is 11.9. The van der Waals surface area contributed by atoms with Gasteiger partial charge in [-0.2, -0.15) is 5.10 Å². The molecule has 2 aromatic rings. The first kappa shape index (κ1) is 15.0. The van der Waals surface area contributed by atoms with Crippen LogP contribution in [0.15, 0.2) is 35.9 Å². The van der Waals surface area contributed by atoms with Gasteiger partial charge in [-0.05, 0) is 18.2 Å². The lowest BCUT2D eigenvalue weighted by Crippen LogP contribution is -2.23. The van der Waals surface area contributed by atoms with E-state index in [0.29, 0.717) is 11.4 Å². The summed E-state index contributed by atoms with van der Waals surface area (Å²) < 4.78 is 23.7. The molecule has 0 aliphatic rings. The summed E-state index contributed by atoms with van der Waals surface area (Å²) in [7, 11) is -1.28.